The molecule has 96 valence electrons. The number of hydrogen-bond donors (Lipinski definition) is 1. The van der Waals surface area contributed by atoms with E-state index in [2.05, 4.69) is 15.4 Å². The molecular weight excluding hydrogens is 236 g/mol. The van der Waals surface area contributed by atoms with Gasteiger partial charge in [0.15, 0.2) is 6.61 Å². The highest BCUT2D eigenvalue weighted by Crippen LogP contribution is 2.25. The Balaban J connectivity index is 2.11. The van der Waals surface area contributed by atoms with E-state index in [1.807, 2.05) is 0 Å². The Hall–Kier alpha value is -2.15. The van der Waals surface area contributed by atoms with Gasteiger partial charge in [-0.2, -0.15) is 4.80 Å². The molecule has 2 aromatic rings. The van der Waals surface area contributed by atoms with Crippen LogP contribution in [0.15, 0.2) is 18.2 Å². The Bertz CT molecular complexity index is 527. The van der Waals surface area contributed by atoms with E-state index in [1.165, 1.54) is 4.80 Å². The van der Waals surface area contributed by atoms with Crippen molar-refractivity contribution in [3.05, 3.63) is 29.6 Å². The minimum Gasteiger partial charge on any atom is -0.497 e. The first kappa shape index (κ1) is 12.3. The van der Waals surface area contributed by atoms with Crippen molar-refractivity contribution in [3.63, 3.8) is 0 Å². The Morgan fingerprint density at radius 1 is 1.39 bits per heavy atom. The maximum absolute atomic E-state index is 9.21. The Kier molecular flexibility index (Phi) is 3.73. The fourth-order valence-corrected chi connectivity index (χ4v) is 1.45. The number of hydrogen-bond acceptors (Lipinski definition) is 6. The standard InChI is InChI=1S/C11H14N4O3/c1-15-13-11(12-14-15)7-18-10-5-9(17-2)4-3-8(10)6-16/h3-5,16H,6-7H2,1-2H3. The van der Waals surface area contributed by atoms with Gasteiger partial charge in [-0.25, -0.2) is 0 Å². The van der Waals surface area contributed by atoms with Crippen LogP contribution in [0, 0.1) is 0 Å². The van der Waals surface area contributed by atoms with Gasteiger partial charge in [-0.3, -0.25) is 0 Å². The zero-order valence-corrected chi connectivity index (χ0v) is 10.2. The number of aromatic nitrogens is 4. The molecule has 1 heterocycles. The number of aryl methyl sites for hydroxylation is 1. The van der Waals surface area contributed by atoms with Crippen molar-refractivity contribution < 1.29 is 14.6 Å². The predicted octanol–water partition coefficient (Wildman–Crippen LogP) is 0.290. The highest BCUT2D eigenvalue weighted by Gasteiger charge is 2.07. The number of methoxy groups -OCH3 is 1. The normalized spacial score (nSPS) is 10.4. The first-order chi connectivity index (χ1) is 8.72. The molecule has 0 aliphatic carbocycles. The lowest BCUT2D eigenvalue weighted by atomic mass is 10.2. The molecule has 0 saturated carbocycles. The zero-order valence-electron chi connectivity index (χ0n) is 10.2. The smallest absolute Gasteiger partial charge is 0.212 e. The van der Waals surface area contributed by atoms with E-state index in [4.69, 9.17) is 9.47 Å². The lowest BCUT2D eigenvalue weighted by Gasteiger charge is -2.10. The summed E-state index contributed by atoms with van der Waals surface area (Å²) < 4.78 is 10.7. The van der Waals surface area contributed by atoms with Crippen molar-refractivity contribution in [2.24, 2.45) is 7.05 Å². The summed E-state index contributed by atoms with van der Waals surface area (Å²) in [4.78, 5) is 1.36. The molecular formula is C11H14N4O3. The third-order valence-electron chi connectivity index (χ3n) is 2.35. The van der Waals surface area contributed by atoms with E-state index in [0.29, 0.717) is 22.9 Å². The SMILES string of the molecule is COc1ccc(CO)c(OCc2nnn(C)n2)c1. The number of ether oxygens (including phenoxy) is 2. The average molecular weight is 250 g/mol. The lowest BCUT2D eigenvalue weighted by Crippen LogP contribution is -2.01. The number of rotatable bonds is 5. The Morgan fingerprint density at radius 2 is 2.22 bits per heavy atom. The van der Waals surface area contributed by atoms with Crippen LogP contribution in [0.5, 0.6) is 11.5 Å². The van der Waals surface area contributed by atoms with Gasteiger partial charge >= 0.3 is 0 Å². The van der Waals surface area contributed by atoms with Crippen LogP contribution in [0.25, 0.3) is 0 Å². The van der Waals surface area contributed by atoms with Crippen LogP contribution in [0.4, 0.5) is 0 Å². The molecule has 0 aliphatic rings. The molecule has 0 bridgehead atoms. The predicted molar refractivity (Wildman–Crippen MR) is 62.0 cm³/mol. The monoisotopic (exact) mass is 250 g/mol. The molecule has 0 amide bonds. The van der Waals surface area contributed by atoms with Crippen LogP contribution in [-0.4, -0.2) is 32.4 Å². The summed E-state index contributed by atoms with van der Waals surface area (Å²) in [5, 5.41) is 20.7. The molecule has 0 spiro atoms. The van der Waals surface area contributed by atoms with Crippen LogP contribution in [-0.2, 0) is 20.3 Å². The summed E-state index contributed by atoms with van der Waals surface area (Å²) >= 11 is 0. The van der Waals surface area contributed by atoms with Gasteiger partial charge in [-0.1, -0.05) is 0 Å². The molecule has 1 aromatic heterocycles. The van der Waals surface area contributed by atoms with Gasteiger partial charge < -0.3 is 14.6 Å². The summed E-state index contributed by atoms with van der Waals surface area (Å²) in [6.45, 7) is 0.0846. The average Bonchev–Trinajstić information content (AvgIpc) is 2.81. The summed E-state index contributed by atoms with van der Waals surface area (Å²) in [5.41, 5.74) is 0.680. The largest absolute Gasteiger partial charge is 0.497 e. The van der Waals surface area contributed by atoms with Gasteiger partial charge in [0.2, 0.25) is 5.82 Å². The Labute approximate surface area is 104 Å². The number of nitrogens with zero attached hydrogens (tertiary/aromatic N) is 4. The van der Waals surface area contributed by atoms with E-state index >= 15 is 0 Å². The Morgan fingerprint density at radius 3 is 2.83 bits per heavy atom. The highest BCUT2D eigenvalue weighted by atomic mass is 16.5. The fourth-order valence-electron chi connectivity index (χ4n) is 1.45. The van der Waals surface area contributed by atoms with E-state index in [0.717, 1.165) is 0 Å². The molecule has 1 aromatic carbocycles. The molecule has 0 unspecified atom stereocenters. The van der Waals surface area contributed by atoms with E-state index in [-0.39, 0.29) is 13.2 Å². The second kappa shape index (κ2) is 5.46. The number of aliphatic hydroxyl groups is 1. The van der Waals surface area contributed by atoms with Crippen LogP contribution in [0.1, 0.15) is 11.4 Å². The number of benzene rings is 1. The second-order valence-corrected chi connectivity index (χ2v) is 3.62. The molecule has 7 nitrogen and oxygen atoms in total. The zero-order chi connectivity index (χ0) is 13.0. The molecule has 0 aliphatic heterocycles. The first-order valence-electron chi connectivity index (χ1n) is 5.36. The molecule has 0 radical (unpaired) electrons. The van der Waals surface area contributed by atoms with Crippen LogP contribution < -0.4 is 9.47 Å². The van der Waals surface area contributed by atoms with E-state index < -0.39 is 0 Å². The minimum absolute atomic E-state index is 0.104. The van der Waals surface area contributed by atoms with Gasteiger partial charge in [-0.05, 0) is 17.3 Å². The first-order valence-corrected chi connectivity index (χ1v) is 5.36. The summed E-state index contributed by atoms with van der Waals surface area (Å²) in [6, 6.07) is 5.22. The van der Waals surface area contributed by atoms with Crippen LogP contribution >= 0.6 is 0 Å². The quantitative estimate of drug-likeness (QED) is 0.821. The van der Waals surface area contributed by atoms with Crippen molar-refractivity contribution in [1.29, 1.82) is 0 Å². The molecule has 2 rings (SSSR count). The molecule has 7 heteroatoms. The lowest BCUT2D eigenvalue weighted by molar-refractivity contribution is 0.254. The molecule has 18 heavy (non-hydrogen) atoms. The van der Waals surface area contributed by atoms with Gasteiger partial charge in [0.05, 0.1) is 20.8 Å². The topological polar surface area (TPSA) is 82.3 Å². The number of aliphatic hydroxyl groups excluding tert-OH is 1. The summed E-state index contributed by atoms with van der Waals surface area (Å²) in [7, 11) is 3.25. The number of tetrazole rings is 1. The third kappa shape index (κ3) is 2.75. The van der Waals surface area contributed by atoms with E-state index in [9.17, 15) is 5.11 Å². The minimum atomic E-state index is -0.104. The molecule has 0 saturated heterocycles. The van der Waals surface area contributed by atoms with Crippen molar-refractivity contribution in [2.75, 3.05) is 7.11 Å². The third-order valence-corrected chi connectivity index (χ3v) is 2.35. The molecule has 0 fully saturated rings. The van der Waals surface area contributed by atoms with Crippen LogP contribution in [0.3, 0.4) is 0 Å². The van der Waals surface area contributed by atoms with Crippen LogP contribution in [0.2, 0.25) is 0 Å². The second-order valence-electron chi connectivity index (χ2n) is 3.62. The summed E-state index contributed by atoms with van der Waals surface area (Å²) in [6.07, 6.45) is 0. The molecule has 0 atom stereocenters. The van der Waals surface area contributed by atoms with Crippen molar-refractivity contribution in [3.8, 4) is 11.5 Å². The van der Waals surface area contributed by atoms with E-state index in [1.54, 1.807) is 32.4 Å². The van der Waals surface area contributed by atoms with Crippen molar-refractivity contribution in [2.45, 2.75) is 13.2 Å². The maximum atomic E-state index is 9.21. The van der Waals surface area contributed by atoms with Gasteiger partial charge in [0, 0.05) is 11.6 Å². The molecule has 1 N–H and O–H groups in total. The highest BCUT2D eigenvalue weighted by molar-refractivity contribution is 5.40. The van der Waals surface area contributed by atoms with Gasteiger partial charge in [0.25, 0.3) is 0 Å². The maximum Gasteiger partial charge on any atom is 0.212 e. The van der Waals surface area contributed by atoms with Crippen molar-refractivity contribution >= 4 is 0 Å². The van der Waals surface area contributed by atoms with Crippen molar-refractivity contribution in [1.82, 2.24) is 20.2 Å². The summed E-state index contributed by atoms with van der Waals surface area (Å²) in [5.74, 6) is 1.68. The van der Waals surface area contributed by atoms with Gasteiger partial charge in [0.1, 0.15) is 11.5 Å². The van der Waals surface area contributed by atoms with Gasteiger partial charge in [-0.15, -0.1) is 10.2 Å². The fraction of sp³-hybridized carbons (Fsp3) is 0.364.